The van der Waals surface area contributed by atoms with Gasteiger partial charge in [-0.05, 0) is 6.92 Å². The number of hydrogen-bond donors (Lipinski definition) is 0. The third-order valence-electron chi connectivity index (χ3n) is 1.01. The normalized spacial score (nSPS) is 39.4. The van der Waals surface area contributed by atoms with E-state index in [-0.39, 0.29) is 17.0 Å². The van der Waals surface area contributed by atoms with Crippen molar-refractivity contribution in [1.29, 1.82) is 0 Å². The van der Waals surface area contributed by atoms with Gasteiger partial charge in [0.2, 0.25) is 0 Å². The lowest BCUT2D eigenvalue weighted by molar-refractivity contribution is 0.385. The van der Waals surface area contributed by atoms with Crippen molar-refractivity contribution in [1.82, 2.24) is 0 Å². The molecular formula is C4H6Cl2O. The Bertz CT molecular complexity index is 74.1. The van der Waals surface area contributed by atoms with Gasteiger partial charge in [0.05, 0.1) is 6.10 Å². The first kappa shape index (κ1) is 5.67. The summed E-state index contributed by atoms with van der Waals surface area (Å²) in [5.74, 6) is 0. The van der Waals surface area contributed by atoms with E-state index in [1.807, 2.05) is 6.92 Å². The molecule has 0 radical (unpaired) electrons. The Labute approximate surface area is 52.5 Å². The molecule has 0 amide bonds. The van der Waals surface area contributed by atoms with E-state index in [4.69, 9.17) is 27.9 Å². The summed E-state index contributed by atoms with van der Waals surface area (Å²) in [5.41, 5.74) is 0. The summed E-state index contributed by atoms with van der Waals surface area (Å²) < 4.78 is 4.91. The van der Waals surface area contributed by atoms with Crippen molar-refractivity contribution in [2.75, 3.05) is 0 Å². The zero-order chi connectivity index (χ0) is 5.44. The Morgan fingerprint density at radius 2 is 2.00 bits per heavy atom. The van der Waals surface area contributed by atoms with Crippen LogP contribution in [-0.4, -0.2) is 17.0 Å². The second-order valence-corrected chi connectivity index (χ2v) is 2.80. The first-order valence-corrected chi connectivity index (χ1v) is 3.02. The highest BCUT2D eigenvalue weighted by Gasteiger charge is 2.39. The predicted octanol–water partition coefficient (Wildman–Crippen LogP) is 1.58. The molecule has 0 aromatic rings. The molecule has 1 saturated heterocycles. The van der Waals surface area contributed by atoms with E-state index in [0.29, 0.717) is 0 Å². The predicted molar refractivity (Wildman–Crippen MR) is 29.8 cm³/mol. The van der Waals surface area contributed by atoms with E-state index < -0.39 is 0 Å². The largest absolute Gasteiger partial charge is 0.367 e. The smallest absolute Gasteiger partial charge is 0.136 e. The molecule has 2 atom stereocenters. The highest BCUT2D eigenvalue weighted by atomic mass is 35.5. The van der Waals surface area contributed by atoms with Gasteiger partial charge in [0.1, 0.15) is 10.9 Å². The van der Waals surface area contributed by atoms with Crippen molar-refractivity contribution in [2.45, 2.75) is 24.0 Å². The van der Waals surface area contributed by atoms with E-state index in [1.54, 1.807) is 0 Å². The van der Waals surface area contributed by atoms with Gasteiger partial charge in [-0.2, -0.15) is 0 Å². The molecule has 0 aromatic carbocycles. The third-order valence-corrected chi connectivity index (χ3v) is 1.50. The molecule has 0 N–H and O–H groups in total. The average Bonchev–Trinajstić information content (AvgIpc) is 2.17. The lowest BCUT2D eigenvalue weighted by Crippen LogP contribution is -1.98. The summed E-state index contributed by atoms with van der Waals surface area (Å²) in [7, 11) is 0. The topological polar surface area (TPSA) is 12.5 Å². The number of ether oxygens (including phenoxy) is 1. The van der Waals surface area contributed by atoms with Gasteiger partial charge in [-0.15, -0.1) is 23.2 Å². The zero-order valence-electron chi connectivity index (χ0n) is 3.90. The zero-order valence-corrected chi connectivity index (χ0v) is 5.41. The summed E-state index contributed by atoms with van der Waals surface area (Å²) in [6, 6.07) is 0. The minimum absolute atomic E-state index is 0.100. The fraction of sp³-hybridized carbons (Fsp3) is 1.00. The first-order chi connectivity index (χ1) is 3.22. The summed E-state index contributed by atoms with van der Waals surface area (Å²) in [4.78, 5) is -0.338. The van der Waals surface area contributed by atoms with Crippen molar-refractivity contribution in [3.8, 4) is 0 Å². The Morgan fingerprint density at radius 1 is 1.57 bits per heavy atom. The van der Waals surface area contributed by atoms with Crippen molar-refractivity contribution in [2.24, 2.45) is 0 Å². The van der Waals surface area contributed by atoms with Crippen LogP contribution < -0.4 is 0 Å². The first-order valence-electron chi connectivity index (χ1n) is 2.15. The van der Waals surface area contributed by atoms with E-state index in [0.717, 1.165) is 0 Å². The molecule has 0 aliphatic carbocycles. The van der Waals surface area contributed by atoms with E-state index in [1.165, 1.54) is 0 Å². The van der Waals surface area contributed by atoms with Gasteiger partial charge in [-0.1, -0.05) is 0 Å². The van der Waals surface area contributed by atoms with Gasteiger partial charge in [0, 0.05) is 0 Å². The molecule has 0 aromatic heterocycles. The minimum atomic E-state index is -0.338. The van der Waals surface area contributed by atoms with Crippen LogP contribution in [0.3, 0.4) is 0 Å². The molecule has 42 valence electrons. The molecule has 0 bridgehead atoms. The minimum Gasteiger partial charge on any atom is -0.367 e. The molecule has 3 heteroatoms. The van der Waals surface area contributed by atoms with Crippen LogP contribution in [-0.2, 0) is 4.74 Å². The van der Waals surface area contributed by atoms with Crippen molar-refractivity contribution in [3.05, 3.63) is 0 Å². The molecule has 0 spiro atoms. The van der Waals surface area contributed by atoms with E-state index in [2.05, 4.69) is 0 Å². The maximum atomic E-state index is 5.41. The standard InChI is InChI=1S/C4H6Cl2O/c1-2-3(7-2)4(5)6/h2-4H,1H3. The van der Waals surface area contributed by atoms with Crippen LogP contribution in [0, 0.1) is 0 Å². The number of alkyl halides is 2. The van der Waals surface area contributed by atoms with Crippen molar-refractivity contribution in [3.63, 3.8) is 0 Å². The molecule has 1 aliphatic rings. The second-order valence-electron chi connectivity index (χ2n) is 1.64. The summed E-state index contributed by atoms with van der Waals surface area (Å²) >= 11 is 10.8. The Morgan fingerprint density at radius 3 is 2.00 bits per heavy atom. The van der Waals surface area contributed by atoms with Crippen LogP contribution in [0.25, 0.3) is 0 Å². The monoisotopic (exact) mass is 140 g/mol. The molecule has 1 aliphatic heterocycles. The van der Waals surface area contributed by atoms with Crippen LogP contribution in [0.1, 0.15) is 6.92 Å². The van der Waals surface area contributed by atoms with Crippen molar-refractivity contribution >= 4 is 23.2 Å². The lowest BCUT2D eigenvalue weighted by Gasteiger charge is -1.86. The summed E-state index contributed by atoms with van der Waals surface area (Å²) in [6.07, 6.45) is 0.378. The summed E-state index contributed by atoms with van der Waals surface area (Å²) in [5, 5.41) is 0. The van der Waals surface area contributed by atoms with Crippen LogP contribution in [0.5, 0.6) is 0 Å². The molecule has 1 rings (SSSR count). The van der Waals surface area contributed by atoms with Gasteiger partial charge in [-0.3, -0.25) is 0 Å². The molecular weight excluding hydrogens is 135 g/mol. The molecule has 1 fully saturated rings. The lowest BCUT2D eigenvalue weighted by atomic mass is 10.4. The van der Waals surface area contributed by atoms with Gasteiger partial charge in [-0.25, -0.2) is 0 Å². The van der Waals surface area contributed by atoms with E-state index >= 15 is 0 Å². The maximum Gasteiger partial charge on any atom is 0.136 e. The average molecular weight is 141 g/mol. The Kier molecular flexibility index (Phi) is 1.46. The molecule has 7 heavy (non-hydrogen) atoms. The van der Waals surface area contributed by atoms with Crippen LogP contribution in [0.2, 0.25) is 0 Å². The van der Waals surface area contributed by atoms with Gasteiger partial charge in [0.25, 0.3) is 0 Å². The summed E-state index contributed by atoms with van der Waals surface area (Å²) in [6.45, 7) is 1.95. The third kappa shape index (κ3) is 1.21. The van der Waals surface area contributed by atoms with Gasteiger partial charge < -0.3 is 4.74 Å². The molecule has 1 nitrogen and oxygen atoms in total. The van der Waals surface area contributed by atoms with Crippen LogP contribution >= 0.6 is 23.2 Å². The van der Waals surface area contributed by atoms with Gasteiger partial charge in [0.15, 0.2) is 0 Å². The molecule has 1 heterocycles. The second kappa shape index (κ2) is 1.81. The number of epoxide rings is 1. The maximum absolute atomic E-state index is 5.41. The van der Waals surface area contributed by atoms with E-state index in [9.17, 15) is 0 Å². The highest BCUT2D eigenvalue weighted by molar-refractivity contribution is 6.44. The Hall–Kier alpha value is 0.540. The quantitative estimate of drug-likeness (QED) is 0.399. The van der Waals surface area contributed by atoms with Crippen LogP contribution in [0.4, 0.5) is 0 Å². The highest BCUT2D eigenvalue weighted by Crippen LogP contribution is 2.29. The number of halogens is 2. The SMILES string of the molecule is CC1OC1C(Cl)Cl. The molecule has 0 saturated carbocycles. The number of hydrogen-bond acceptors (Lipinski definition) is 1. The molecule has 2 unspecified atom stereocenters. The van der Waals surface area contributed by atoms with Crippen LogP contribution in [0.15, 0.2) is 0 Å². The van der Waals surface area contributed by atoms with Gasteiger partial charge >= 0.3 is 0 Å². The van der Waals surface area contributed by atoms with Crippen molar-refractivity contribution < 1.29 is 4.74 Å². The number of rotatable bonds is 1. The Balaban J connectivity index is 2.20. The fourth-order valence-corrected chi connectivity index (χ4v) is 0.995. The fourth-order valence-electron chi connectivity index (χ4n) is 0.467.